The Morgan fingerprint density at radius 2 is 1.56 bits per heavy atom. The maximum absolute atomic E-state index is 2.48. The Morgan fingerprint density at radius 1 is 1.06 bits per heavy atom. The molecule has 0 fully saturated rings. The zero-order valence-corrected chi connectivity index (χ0v) is 12.6. The van der Waals surface area contributed by atoms with Gasteiger partial charge in [-0.2, -0.15) is 0 Å². The molecule has 16 heavy (non-hydrogen) atoms. The largest absolute Gasteiger partial charge is 0.0850 e. The highest BCUT2D eigenvalue weighted by Crippen LogP contribution is 2.42. The predicted molar refractivity (Wildman–Crippen MR) is 75.7 cm³/mol. The molecule has 0 aromatic carbocycles. The zero-order chi connectivity index (χ0) is 12.8. The monoisotopic (exact) mass is 224 g/mol. The predicted octanol–water partition coefficient (Wildman–Crippen LogP) is 5.83. The van der Waals surface area contributed by atoms with Gasteiger partial charge >= 0.3 is 0 Å². The number of hydrogen-bond acceptors (Lipinski definition) is 0. The lowest BCUT2D eigenvalue weighted by atomic mass is 9.66. The highest BCUT2D eigenvalue weighted by molar-refractivity contribution is 5.13. The van der Waals surface area contributed by atoms with E-state index in [4.69, 9.17) is 0 Å². The van der Waals surface area contributed by atoms with Gasteiger partial charge < -0.3 is 0 Å². The first-order valence-corrected chi connectivity index (χ1v) is 7.04. The molecule has 0 atom stereocenters. The Kier molecular flexibility index (Phi) is 7.03. The molecular formula is C16H32. The summed E-state index contributed by atoms with van der Waals surface area (Å²) in [6.45, 7) is 16.4. The van der Waals surface area contributed by atoms with E-state index in [0.29, 0.717) is 5.41 Å². The summed E-state index contributed by atoms with van der Waals surface area (Å²) in [4.78, 5) is 0. The molecule has 0 N–H and O–H groups in total. The van der Waals surface area contributed by atoms with Crippen LogP contribution in [0.25, 0.3) is 0 Å². The van der Waals surface area contributed by atoms with Crippen LogP contribution in [0.2, 0.25) is 0 Å². The lowest BCUT2D eigenvalue weighted by Gasteiger charge is -2.39. The molecule has 0 saturated carbocycles. The summed E-state index contributed by atoms with van der Waals surface area (Å²) >= 11 is 0. The molecule has 0 aromatic rings. The van der Waals surface area contributed by atoms with E-state index in [1.54, 1.807) is 5.57 Å². The SMILES string of the molecule is CCCCC/C=C(/C)C(C)(C(C)C)C(C)C. The van der Waals surface area contributed by atoms with E-state index in [2.05, 4.69) is 54.5 Å². The minimum absolute atomic E-state index is 0.367. The summed E-state index contributed by atoms with van der Waals surface area (Å²) in [5.74, 6) is 1.44. The van der Waals surface area contributed by atoms with Crippen molar-refractivity contribution in [3.8, 4) is 0 Å². The number of hydrogen-bond donors (Lipinski definition) is 0. The number of unbranched alkanes of at least 4 members (excludes halogenated alkanes) is 3. The average Bonchev–Trinajstić information content (AvgIpc) is 2.22. The quantitative estimate of drug-likeness (QED) is 0.377. The van der Waals surface area contributed by atoms with Gasteiger partial charge in [-0.1, -0.05) is 66.0 Å². The highest BCUT2D eigenvalue weighted by Gasteiger charge is 2.33. The van der Waals surface area contributed by atoms with Crippen molar-refractivity contribution in [3.05, 3.63) is 11.6 Å². The van der Waals surface area contributed by atoms with Crippen LogP contribution in [0.15, 0.2) is 11.6 Å². The molecule has 0 aliphatic heterocycles. The van der Waals surface area contributed by atoms with Crippen molar-refractivity contribution >= 4 is 0 Å². The second kappa shape index (κ2) is 7.14. The molecule has 0 bridgehead atoms. The van der Waals surface area contributed by atoms with Gasteiger partial charge in [-0.25, -0.2) is 0 Å². The summed E-state index contributed by atoms with van der Waals surface area (Å²) < 4.78 is 0. The molecule has 0 radical (unpaired) electrons. The van der Waals surface area contributed by atoms with E-state index in [9.17, 15) is 0 Å². The van der Waals surface area contributed by atoms with Gasteiger partial charge in [0.2, 0.25) is 0 Å². The van der Waals surface area contributed by atoms with E-state index in [1.165, 1.54) is 25.7 Å². The van der Waals surface area contributed by atoms with Crippen LogP contribution >= 0.6 is 0 Å². The molecule has 0 heterocycles. The summed E-state index contributed by atoms with van der Waals surface area (Å²) in [7, 11) is 0. The third-order valence-electron chi connectivity index (χ3n) is 4.51. The minimum Gasteiger partial charge on any atom is -0.0850 e. The zero-order valence-electron chi connectivity index (χ0n) is 12.6. The first kappa shape index (κ1) is 15.7. The molecule has 0 spiro atoms. The van der Waals surface area contributed by atoms with Crippen molar-refractivity contribution in [3.63, 3.8) is 0 Å². The molecule has 0 unspecified atom stereocenters. The number of rotatable bonds is 7. The van der Waals surface area contributed by atoms with E-state index in [-0.39, 0.29) is 0 Å². The summed E-state index contributed by atoms with van der Waals surface area (Å²) in [6, 6.07) is 0. The van der Waals surface area contributed by atoms with Crippen LogP contribution in [0.4, 0.5) is 0 Å². The number of allylic oxidation sites excluding steroid dienone is 2. The van der Waals surface area contributed by atoms with Crippen LogP contribution in [0, 0.1) is 17.3 Å². The maximum Gasteiger partial charge on any atom is -0.00732 e. The third kappa shape index (κ3) is 3.96. The van der Waals surface area contributed by atoms with Crippen LogP contribution in [0.5, 0.6) is 0 Å². The fourth-order valence-corrected chi connectivity index (χ4v) is 2.51. The smallest absolute Gasteiger partial charge is 0.00732 e. The van der Waals surface area contributed by atoms with Crippen molar-refractivity contribution in [1.82, 2.24) is 0 Å². The topological polar surface area (TPSA) is 0 Å². The van der Waals surface area contributed by atoms with Crippen molar-refractivity contribution in [1.29, 1.82) is 0 Å². The second-order valence-electron chi connectivity index (χ2n) is 5.98. The average molecular weight is 224 g/mol. The molecule has 0 heteroatoms. The molecule has 0 nitrogen and oxygen atoms in total. The summed E-state index contributed by atoms with van der Waals surface area (Å²) in [5, 5.41) is 0. The normalized spacial score (nSPS) is 13.9. The lowest BCUT2D eigenvalue weighted by Crippen LogP contribution is -2.31. The van der Waals surface area contributed by atoms with Gasteiger partial charge in [0.25, 0.3) is 0 Å². The molecule has 0 aromatic heterocycles. The summed E-state index contributed by atoms with van der Waals surface area (Å²) in [6.07, 6.45) is 7.77. The molecule has 0 rings (SSSR count). The van der Waals surface area contributed by atoms with Crippen LogP contribution in [0.1, 0.15) is 74.1 Å². The van der Waals surface area contributed by atoms with Gasteiger partial charge in [0.15, 0.2) is 0 Å². The Labute approximate surface area is 104 Å². The van der Waals surface area contributed by atoms with Gasteiger partial charge in [0.05, 0.1) is 0 Å². The van der Waals surface area contributed by atoms with Crippen LogP contribution in [0.3, 0.4) is 0 Å². The second-order valence-corrected chi connectivity index (χ2v) is 5.98. The maximum atomic E-state index is 2.48. The van der Waals surface area contributed by atoms with Crippen molar-refractivity contribution in [2.75, 3.05) is 0 Å². The standard InChI is InChI=1S/C16H32/c1-8-9-10-11-12-15(6)16(7,13(2)3)14(4)5/h12-14H,8-11H2,1-7H3/b15-12-. The first-order chi connectivity index (χ1) is 7.37. The fraction of sp³-hybridized carbons (Fsp3) is 0.875. The van der Waals surface area contributed by atoms with Gasteiger partial charge in [-0.05, 0) is 37.0 Å². The van der Waals surface area contributed by atoms with Gasteiger partial charge in [-0.15, -0.1) is 0 Å². The van der Waals surface area contributed by atoms with E-state index in [1.807, 2.05) is 0 Å². The van der Waals surface area contributed by atoms with Crippen molar-refractivity contribution in [2.45, 2.75) is 74.1 Å². The van der Waals surface area contributed by atoms with E-state index >= 15 is 0 Å². The lowest BCUT2D eigenvalue weighted by molar-refractivity contribution is 0.188. The van der Waals surface area contributed by atoms with Gasteiger partial charge in [0.1, 0.15) is 0 Å². The minimum atomic E-state index is 0.367. The van der Waals surface area contributed by atoms with Crippen LogP contribution in [-0.2, 0) is 0 Å². The summed E-state index contributed by atoms with van der Waals surface area (Å²) in [5.41, 5.74) is 1.96. The Morgan fingerprint density at radius 3 is 1.94 bits per heavy atom. The Bertz CT molecular complexity index is 200. The van der Waals surface area contributed by atoms with Crippen molar-refractivity contribution in [2.24, 2.45) is 17.3 Å². The van der Waals surface area contributed by atoms with Crippen LogP contribution < -0.4 is 0 Å². The third-order valence-corrected chi connectivity index (χ3v) is 4.51. The van der Waals surface area contributed by atoms with E-state index in [0.717, 1.165) is 11.8 Å². The first-order valence-electron chi connectivity index (χ1n) is 7.04. The fourth-order valence-electron chi connectivity index (χ4n) is 2.51. The highest BCUT2D eigenvalue weighted by atomic mass is 14.4. The molecule has 0 saturated heterocycles. The van der Waals surface area contributed by atoms with E-state index < -0.39 is 0 Å². The Hall–Kier alpha value is -0.260. The molecule has 0 amide bonds. The molecular weight excluding hydrogens is 192 g/mol. The van der Waals surface area contributed by atoms with Gasteiger partial charge in [0, 0.05) is 0 Å². The van der Waals surface area contributed by atoms with Crippen LogP contribution in [-0.4, -0.2) is 0 Å². The molecule has 96 valence electrons. The Balaban J connectivity index is 4.56. The van der Waals surface area contributed by atoms with Gasteiger partial charge in [-0.3, -0.25) is 0 Å². The molecule has 0 aliphatic rings. The molecule has 0 aliphatic carbocycles. The van der Waals surface area contributed by atoms with Crippen molar-refractivity contribution < 1.29 is 0 Å².